The van der Waals surface area contributed by atoms with Gasteiger partial charge in [0.25, 0.3) is 5.91 Å². The second kappa shape index (κ2) is 7.33. The van der Waals surface area contributed by atoms with Crippen LogP contribution in [0.4, 0.5) is 5.69 Å². The summed E-state index contributed by atoms with van der Waals surface area (Å²) < 4.78 is 9.20. The van der Waals surface area contributed by atoms with E-state index in [-0.39, 0.29) is 11.9 Å². The van der Waals surface area contributed by atoms with Crippen molar-refractivity contribution in [3.05, 3.63) is 47.4 Å². The van der Waals surface area contributed by atoms with Gasteiger partial charge in [0.1, 0.15) is 0 Å². The predicted molar refractivity (Wildman–Crippen MR) is 104 cm³/mol. The molecule has 2 aromatic heterocycles. The number of benzene rings is 1. The summed E-state index contributed by atoms with van der Waals surface area (Å²) in [5, 5.41) is 8.54. The molecule has 0 atom stereocenters. The van der Waals surface area contributed by atoms with Gasteiger partial charge in [-0.25, -0.2) is 0 Å². The van der Waals surface area contributed by atoms with E-state index in [0.29, 0.717) is 12.2 Å². The molecule has 3 rings (SSSR count). The van der Waals surface area contributed by atoms with Crippen LogP contribution in [0, 0.1) is 13.8 Å². The van der Waals surface area contributed by atoms with E-state index in [2.05, 4.69) is 28.8 Å². The summed E-state index contributed by atoms with van der Waals surface area (Å²) >= 11 is 0. The van der Waals surface area contributed by atoms with Crippen LogP contribution in [0.5, 0.6) is 0 Å². The number of aromatic nitrogens is 3. The first kappa shape index (κ1) is 18.2. The Kier molecular flexibility index (Phi) is 5.13. The zero-order valence-corrected chi connectivity index (χ0v) is 16.0. The zero-order chi connectivity index (χ0) is 18.8. The molecule has 2 heterocycles. The molecule has 0 spiro atoms. The molecule has 0 aliphatic carbocycles. The van der Waals surface area contributed by atoms with E-state index >= 15 is 0 Å². The number of rotatable bonds is 6. The number of amides is 1. The van der Waals surface area contributed by atoms with Crippen molar-refractivity contribution < 1.29 is 9.53 Å². The second-order valence-corrected chi connectivity index (χ2v) is 6.78. The van der Waals surface area contributed by atoms with E-state index in [1.165, 1.54) is 0 Å². The summed E-state index contributed by atoms with van der Waals surface area (Å²) in [7, 11) is 1.69. The molecule has 0 aliphatic rings. The van der Waals surface area contributed by atoms with Crippen LogP contribution in [0.25, 0.3) is 10.9 Å². The van der Waals surface area contributed by atoms with Gasteiger partial charge in [-0.3, -0.25) is 9.48 Å². The lowest BCUT2D eigenvalue weighted by Gasteiger charge is -2.10. The molecule has 6 nitrogen and oxygen atoms in total. The lowest BCUT2D eigenvalue weighted by molar-refractivity contribution is 0.102. The SMILES string of the molecule is COCCn1ccc2c(C(=O)Nc3c(C)nn(C(C)C)c3C)cccc21. The summed E-state index contributed by atoms with van der Waals surface area (Å²) in [5.41, 5.74) is 4.28. The number of anilines is 1. The molecule has 1 amide bonds. The summed E-state index contributed by atoms with van der Waals surface area (Å²) in [6, 6.07) is 8.03. The van der Waals surface area contributed by atoms with Gasteiger partial charge in [-0.2, -0.15) is 5.10 Å². The van der Waals surface area contributed by atoms with E-state index in [1.807, 2.05) is 49.0 Å². The number of fused-ring (bicyclic) bond motifs is 1. The quantitative estimate of drug-likeness (QED) is 0.729. The molecule has 0 unspecified atom stereocenters. The summed E-state index contributed by atoms with van der Waals surface area (Å²) in [4.78, 5) is 13.0. The van der Waals surface area contributed by atoms with E-state index in [9.17, 15) is 4.79 Å². The number of nitrogens with one attached hydrogen (secondary N) is 1. The van der Waals surface area contributed by atoms with Crippen molar-refractivity contribution in [3.8, 4) is 0 Å². The first-order chi connectivity index (χ1) is 12.4. The average Bonchev–Trinajstić information content (AvgIpc) is 3.15. The van der Waals surface area contributed by atoms with Crippen molar-refractivity contribution in [1.82, 2.24) is 14.3 Å². The second-order valence-electron chi connectivity index (χ2n) is 6.78. The Morgan fingerprint density at radius 1 is 1.27 bits per heavy atom. The molecule has 0 saturated carbocycles. The van der Waals surface area contributed by atoms with Crippen LogP contribution >= 0.6 is 0 Å². The topological polar surface area (TPSA) is 61.1 Å². The van der Waals surface area contributed by atoms with E-state index in [0.717, 1.165) is 34.5 Å². The number of hydrogen-bond donors (Lipinski definition) is 1. The smallest absolute Gasteiger partial charge is 0.256 e. The van der Waals surface area contributed by atoms with Crippen LogP contribution in [0.2, 0.25) is 0 Å². The van der Waals surface area contributed by atoms with Gasteiger partial charge in [0, 0.05) is 42.4 Å². The summed E-state index contributed by atoms with van der Waals surface area (Å²) in [5.74, 6) is -0.116. The van der Waals surface area contributed by atoms with E-state index in [1.54, 1.807) is 7.11 Å². The number of nitrogens with zero attached hydrogens (tertiary/aromatic N) is 3. The number of aryl methyl sites for hydroxylation is 1. The van der Waals surface area contributed by atoms with Gasteiger partial charge >= 0.3 is 0 Å². The number of ether oxygens (including phenoxy) is 1. The Hall–Kier alpha value is -2.60. The van der Waals surface area contributed by atoms with Crippen LogP contribution in [0.15, 0.2) is 30.5 Å². The van der Waals surface area contributed by atoms with Gasteiger partial charge in [-0.1, -0.05) is 6.07 Å². The highest BCUT2D eigenvalue weighted by Gasteiger charge is 2.18. The Bertz CT molecular complexity index is 937. The fourth-order valence-corrected chi connectivity index (χ4v) is 3.33. The summed E-state index contributed by atoms with van der Waals surface area (Å²) in [6.45, 7) is 9.45. The third kappa shape index (κ3) is 3.24. The molecule has 0 fully saturated rings. The van der Waals surface area contributed by atoms with Gasteiger partial charge in [0.2, 0.25) is 0 Å². The normalized spacial score (nSPS) is 11.5. The van der Waals surface area contributed by atoms with Crippen molar-refractivity contribution in [1.29, 1.82) is 0 Å². The molecule has 1 aromatic carbocycles. The predicted octanol–water partition coefficient (Wildman–Crippen LogP) is 3.93. The Balaban J connectivity index is 1.93. The highest BCUT2D eigenvalue weighted by atomic mass is 16.5. The first-order valence-electron chi connectivity index (χ1n) is 8.88. The molecule has 0 radical (unpaired) electrons. The van der Waals surface area contributed by atoms with E-state index in [4.69, 9.17) is 4.74 Å². The van der Waals surface area contributed by atoms with Crippen molar-refractivity contribution in [2.75, 3.05) is 19.0 Å². The maximum atomic E-state index is 13.0. The molecular weight excluding hydrogens is 328 g/mol. The first-order valence-corrected chi connectivity index (χ1v) is 8.88. The standard InChI is InChI=1S/C20H26N4O2/c1-13(2)24-15(4)19(14(3)22-24)21-20(25)17-7-6-8-18-16(17)9-10-23(18)11-12-26-5/h6-10,13H,11-12H2,1-5H3,(H,21,25). The molecule has 138 valence electrons. The lowest BCUT2D eigenvalue weighted by atomic mass is 10.1. The van der Waals surface area contributed by atoms with E-state index < -0.39 is 0 Å². The number of carbonyl (C=O) groups is 1. The monoisotopic (exact) mass is 354 g/mol. The molecule has 26 heavy (non-hydrogen) atoms. The maximum Gasteiger partial charge on any atom is 0.256 e. The van der Waals surface area contributed by atoms with Crippen LogP contribution in [0.3, 0.4) is 0 Å². The molecule has 3 aromatic rings. The Morgan fingerprint density at radius 3 is 2.69 bits per heavy atom. The van der Waals surface area contributed by atoms with Crippen molar-refractivity contribution >= 4 is 22.5 Å². The molecule has 0 aliphatic heterocycles. The molecule has 0 saturated heterocycles. The fourth-order valence-electron chi connectivity index (χ4n) is 3.33. The third-order valence-corrected chi connectivity index (χ3v) is 4.65. The molecular formula is C20H26N4O2. The minimum Gasteiger partial charge on any atom is -0.383 e. The number of methoxy groups -OCH3 is 1. The van der Waals surface area contributed by atoms with Crippen molar-refractivity contribution in [2.45, 2.75) is 40.3 Å². The highest BCUT2D eigenvalue weighted by molar-refractivity contribution is 6.13. The Morgan fingerprint density at radius 2 is 2.04 bits per heavy atom. The summed E-state index contributed by atoms with van der Waals surface area (Å²) in [6.07, 6.45) is 1.99. The molecule has 0 bridgehead atoms. The largest absolute Gasteiger partial charge is 0.383 e. The van der Waals surface area contributed by atoms with Gasteiger partial charge < -0.3 is 14.6 Å². The third-order valence-electron chi connectivity index (χ3n) is 4.65. The minimum atomic E-state index is -0.116. The lowest BCUT2D eigenvalue weighted by Crippen LogP contribution is -2.14. The number of hydrogen-bond acceptors (Lipinski definition) is 3. The highest BCUT2D eigenvalue weighted by Crippen LogP contribution is 2.25. The maximum absolute atomic E-state index is 13.0. The average molecular weight is 354 g/mol. The van der Waals surface area contributed by atoms with Gasteiger partial charge in [0.15, 0.2) is 0 Å². The molecule has 6 heteroatoms. The zero-order valence-electron chi connectivity index (χ0n) is 16.0. The van der Waals surface area contributed by atoms with Crippen LogP contribution in [-0.4, -0.2) is 34.0 Å². The van der Waals surface area contributed by atoms with Gasteiger partial charge in [0.05, 0.1) is 23.7 Å². The van der Waals surface area contributed by atoms with Crippen LogP contribution < -0.4 is 5.32 Å². The van der Waals surface area contributed by atoms with Gasteiger partial charge in [-0.05, 0) is 45.9 Å². The van der Waals surface area contributed by atoms with Crippen molar-refractivity contribution in [3.63, 3.8) is 0 Å². The van der Waals surface area contributed by atoms with Gasteiger partial charge in [-0.15, -0.1) is 0 Å². The minimum absolute atomic E-state index is 0.116. The number of carbonyl (C=O) groups excluding carboxylic acids is 1. The van der Waals surface area contributed by atoms with Crippen LogP contribution in [0.1, 0.15) is 41.6 Å². The fraction of sp³-hybridized carbons (Fsp3) is 0.400. The van der Waals surface area contributed by atoms with Crippen molar-refractivity contribution in [2.24, 2.45) is 0 Å². The van der Waals surface area contributed by atoms with Crippen LogP contribution in [-0.2, 0) is 11.3 Å². The molecule has 1 N–H and O–H groups in total. The Labute approximate surface area is 153 Å².